The molecular weight excluding hydrogens is 410 g/mol. The van der Waals surface area contributed by atoms with Gasteiger partial charge in [-0.3, -0.25) is 9.89 Å². The maximum atomic E-state index is 9.60. The molecule has 6 heteroatoms. The standard InChI is InChI=1S/C27H43N5O/c1-6-7-9-20(2)29-25-21(3)23-12-11-22(18-24(23)30-26(25)28)10-8-13-31-14-16-32(17-15-31)27(4,5)19-33/h11-12,18,33H,6-10,13-17,19H2,1-5H3,(H2,28,30). The van der Waals surface area contributed by atoms with Gasteiger partial charge in [0.1, 0.15) is 11.5 Å². The third kappa shape index (κ3) is 6.52. The Morgan fingerprint density at radius 3 is 2.58 bits per heavy atom. The Morgan fingerprint density at radius 2 is 1.91 bits per heavy atom. The number of aliphatic hydroxyl groups excluding tert-OH is 1. The van der Waals surface area contributed by atoms with E-state index in [0.29, 0.717) is 5.82 Å². The molecule has 0 bridgehead atoms. The number of rotatable bonds is 10. The van der Waals surface area contributed by atoms with Gasteiger partial charge in [-0.1, -0.05) is 25.5 Å². The molecule has 1 fully saturated rings. The molecule has 0 spiro atoms. The summed E-state index contributed by atoms with van der Waals surface area (Å²) in [6, 6.07) is 6.60. The summed E-state index contributed by atoms with van der Waals surface area (Å²) in [7, 11) is 0. The maximum Gasteiger partial charge on any atom is 0.150 e. The van der Waals surface area contributed by atoms with Crippen LogP contribution in [0.25, 0.3) is 10.9 Å². The largest absolute Gasteiger partial charge is 0.394 e. The van der Waals surface area contributed by atoms with Crippen LogP contribution >= 0.6 is 0 Å². The van der Waals surface area contributed by atoms with Crippen LogP contribution in [0.2, 0.25) is 0 Å². The van der Waals surface area contributed by atoms with Gasteiger partial charge >= 0.3 is 0 Å². The Kier molecular flexibility index (Phi) is 8.85. The van der Waals surface area contributed by atoms with Crippen molar-refractivity contribution in [3.8, 4) is 0 Å². The van der Waals surface area contributed by atoms with Crippen molar-refractivity contribution in [1.82, 2.24) is 14.8 Å². The number of fused-ring (bicyclic) bond motifs is 1. The van der Waals surface area contributed by atoms with Gasteiger partial charge in [0, 0.05) is 42.8 Å². The summed E-state index contributed by atoms with van der Waals surface area (Å²) >= 11 is 0. The summed E-state index contributed by atoms with van der Waals surface area (Å²) in [6.07, 6.45) is 5.48. The van der Waals surface area contributed by atoms with Crippen LogP contribution in [0.15, 0.2) is 23.2 Å². The Morgan fingerprint density at radius 1 is 1.18 bits per heavy atom. The van der Waals surface area contributed by atoms with Crippen LogP contribution in [0, 0.1) is 6.92 Å². The zero-order valence-electron chi connectivity index (χ0n) is 21.3. The Bertz CT molecular complexity index is 961. The van der Waals surface area contributed by atoms with Gasteiger partial charge in [-0.15, -0.1) is 0 Å². The van der Waals surface area contributed by atoms with E-state index in [-0.39, 0.29) is 12.1 Å². The van der Waals surface area contributed by atoms with E-state index in [4.69, 9.17) is 15.7 Å². The number of hydrogen-bond acceptors (Lipinski definition) is 6. The molecule has 182 valence electrons. The highest BCUT2D eigenvalue weighted by atomic mass is 16.3. The van der Waals surface area contributed by atoms with Crippen molar-refractivity contribution in [2.75, 3.05) is 45.1 Å². The van der Waals surface area contributed by atoms with Crippen molar-refractivity contribution >= 4 is 28.1 Å². The zero-order chi connectivity index (χ0) is 24.0. The molecule has 0 atom stereocenters. The lowest BCUT2D eigenvalue weighted by Crippen LogP contribution is -2.56. The van der Waals surface area contributed by atoms with Gasteiger partial charge in [0.25, 0.3) is 0 Å². The van der Waals surface area contributed by atoms with E-state index in [9.17, 15) is 5.11 Å². The van der Waals surface area contributed by atoms with Gasteiger partial charge in [-0.2, -0.15) is 0 Å². The first-order valence-corrected chi connectivity index (χ1v) is 12.6. The second kappa shape index (κ2) is 11.4. The highest BCUT2D eigenvalue weighted by Gasteiger charge is 2.28. The second-order valence-corrected chi connectivity index (χ2v) is 10.2. The monoisotopic (exact) mass is 453 g/mol. The van der Waals surface area contributed by atoms with Crippen molar-refractivity contribution in [3.05, 3.63) is 29.3 Å². The lowest BCUT2D eigenvalue weighted by atomic mass is 10.0. The SMILES string of the molecule is CCCCC(C)=Nc1c(N)nc2cc(CCCN3CCN(C(C)(C)CO)CC3)ccc2c1C. The fourth-order valence-electron chi connectivity index (χ4n) is 4.65. The van der Waals surface area contributed by atoms with Crippen LogP contribution in [0.1, 0.15) is 64.5 Å². The molecule has 1 aromatic carbocycles. The van der Waals surface area contributed by atoms with Crippen molar-refractivity contribution in [3.63, 3.8) is 0 Å². The lowest BCUT2D eigenvalue weighted by Gasteiger charge is -2.43. The first-order chi connectivity index (χ1) is 15.7. The third-order valence-electron chi connectivity index (χ3n) is 7.05. The predicted octanol–water partition coefficient (Wildman–Crippen LogP) is 4.73. The number of benzene rings is 1. The van der Waals surface area contributed by atoms with E-state index in [1.807, 2.05) is 0 Å². The first kappa shape index (κ1) is 25.6. The molecule has 0 amide bonds. The number of hydrogen-bond donors (Lipinski definition) is 2. The van der Waals surface area contributed by atoms with E-state index in [0.717, 1.165) is 92.7 Å². The minimum absolute atomic E-state index is 0.121. The molecule has 2 aromatic rings. The van der Waals surface area contributed by atoms with Crippen LogP contribution in [-0.4, -0.2) is 70.5 Å². The summed E-state index contributed by atoms with van der Waals surface area (Å²) in [5, 5.41) is 10.7. The molecule has 33 heavy (non-hydrogen) atoms. The van der Waals surface area contributed by atoms with Gasteiger partial charge in [0.2, 0.25) is 0 Å². The number of nitrogens with two attached hydrogens (primary N) is 1. The number of piperazine rings is 1. The number of unbranched alkanes of at least 4 members (excludes halogenated alkanes) is 1. The van der Waals surface area contributed by atoms with Gasteiger partial charge in [-0.25, -0.2) is 4.98 Å². The van der Waals surface area contributed by atoms with Crippen LogP contribution in [-0.2, 0) is 6.42 Å². The highest BCUT2D eigenvalue weighted by Crippen LogP contribution is 2.32. The molecule has 0 saturated carbocycles. The van der Waals surface area contributed by atoms with Gasteiger partial charge < -0.3 is 15.7 Å². The average molecular weight is 454 g/mol. The third-order valence-corrected chi connectivity index (χ3v) is 7.05. The molecule has 6 nitrogen and oxygen atoms in total. The molecule has 1 aliphatic heterocycles. The maximum absolute atomic E-state index is 9.60. The predicted molar refractivity (Wildman–Crippen MR) is 141 cm³/mol. The normalized spacial score (nSPS) is 16.6. The number of aryl methyl sites for hydroxylation is 2. The number of aliphatic hydroxyl groups is 1. The molecule has 1 aliphatic rings. The van der Waals surface area contributed by atoms with Gasteiger partial charge in [0.05, 0.1) is 12.1 Å². The Hall–Kier alpha value is -2.02. The van der Waals surface area contributed by atoms with E-state index >= 15 is 0 Å². The zero-order valence-corrected chi connectivity index (χ0v) is 21.3. The number of anilines is 1. The highest BCUT2D eigenvalue weighted by molar-refractivity contribution is 5.93. The van der Waals surface area contributed by atoms with E-state index < -0.39 is 0 Å². The van der Waals surface area contributed by atoms with Crippen LogP contribution < -0.4 is 5.73 Å². The van der Waals surface area contributed by atoms with E-state index in [1.54, 1.807) is 0 Å². The molecule has 3 rings (SSSR count). The first-order valence-electron chi connectivity index (χ1n) is 12.6. The summed E-state index contributed by atoms with van der Waals surface area (Å²) in [5.41, 5.74) is 11.5. The van der Waals surface area contributed by atoms with Crippen molar-refractivity contribution < 1.29 is 5.11 Å². The molecule has 2 heterocycles. The minimum atomic E-state index is -0.121. The Labute approximate surface area is 199 Å². The fraction of sp³-hybridized carbons (Fsp3) is 0.630. The Balaban J connectivity index is 1.60. The van der Waals surface area contributed by atoms with Crippen molar-refractivity contribution in [2.24, 2.45) is 4.99 Å². The fourth-order valence-corrected chi connectivity index (χ4v) is 4.65. The van der Waals surface area contributed by atoms with E-state index in [1.165, 1.54) is 5.56 Å². The van der Waals surface area contributed by atoms with Crippen LogP contribution in [0.5, 0.6) is 0 Å². The van der Waals surface area contributed by atoms with Crippen molar-refractivity contribution in [2.45, 2.75) is 72.3 Å². The molecule has 1 aromatic heterocycles. The van der Waals surface area contributed by atoms with Crippen LogP contribution in [0.4, 0.5) is 11.5 Å². The van der Waals surface area contributed by atoms with E-state index in [2.05, 4.69) is 62.6 Å². The summed E-state index contributed by atoms with van der Waals surface area (Å²) in [5.74, 6) is 0.525. The second-order valence-electron chi connectivity index (χ2n) is 10.2. The number of aliphatic imine (C=N–C) groups is 1. The summed E-state index contributed by atoms with van der Waals surface area (Å²) in [6.45, 7) is 16.1. The van der Waals surface area contributed by atoms with Gasteiger partial charge in [-0.05, 0) is 77.1 Å². The average Bonchev–Trinajstić information content (AvgIpc) is 2.80. The molecule has 3 N–H and O–H groups in total. The van der Waals surface area contributed by atoms with Crippen LogP contribution in [0.3, 0.4) is 0 Å². The van der Waals surface area contributed by atoms with Gasteiger partial charge in [0.15, 0.2) is 0 Å². The molecule has 0 aliphatic carbocycles. The minimum Gasteiger partial charge on any atom is -0.394 e. The molecule has 0 unspecified atom stereocenters. The molecular formula is C27H43N5O. The lowest BCUT2D eigenvalue weighted by molar-refractivity contribution is 0.0166. The van der Waals surface area contributed by atoms with Crippen molar-refractivity contribution in [1.29, 1.82) is 0 Å². The number of pyridine rings is 1. The smallest absolute Gasteiger partial charge is 0.150 e. The number of nitrogen functional groups attached to an aromatic ring is 1. The quantitative estimate of drug-likeness (QED) is 0.509. The number of aromatic nitrogens is 1. The number of nitrogens with zero attached hydrogens (tertiary/aromatic N) is 4. The molecule has 0 radical (unpaired) electrons. The summed E-state index contributed by atoms with van der Waals surface area (Å²) < 4.78 is 0. The molecule has 1 saturated heterocycles. The topological polar surface area (TPSA) is 78.0 Å². The summed E-state index contributed by atoms with van der Waals surface area (Å²) in [4.78, 5) is 14.4.